The van der Waals surface area contributed by atoms with Crippen LogP contribution in [0.3, 0.4) is 0 Å². The number of aliphatic hydroxyl groups excluding tert-OH is 1. The number of ether oxygens (including phenoxy) is 1. The Balaban J connectivity index is 1.92. The van der Waals surface area contributed by atoms with Gasteiger partial charge in [-0.15, -0.1) is 0 Å². The molecule has 0 aliphatic rings. The highest BCUT2D eigenvalue weighted by Crippen LogP contribution is 2.25. The van der Waals surface area contributed by atoms with Crippen molar-refractivity contribution in [3.63, 3.8) is 0 Å². The Hall–Kier alpha value is -2.04. The van der Waals surface area contributed by atoms with Gasteiger partial charge in [-0.3, -0.25) is 4.79 Å². The molecule has 0 radical (unpaired) electrons. The van der Waals surface area contributed by atoms with E-state index in [1.54, 1.807) is 30.3 Å². The quantitative estimate of drug-likeness (QED) is 0.836. The summed E-state index contributed by atoms with van der Waals surface area (Å²) in [4.78, 5) is 12.0. The molecule has 2 N–H and O–H groups in total. The van der Waals surface area contributed by atoms with Crippen LogP contribution in [-0.2, 0) is 4.79 Å². The smallest absolute Gasteiger partial charge is 0.262 e. The molecule has 4 nitrogen and oxygen atoms in total. The van der Waals surface area contributed by atoms with Crippen molar-refractivity contribution >= 4 is 23.2 Å². The van der Waals surface area contributed by atoms with Crippen LogP contribution >= 0.6 is 11.6 Å². The molecule has 0 bridgehead atoms. The molecule has 0 saturated carbocycles. The molecule has 0 aliphatic heterocycles. The lowest BCUT2D eigenvalue weighted by molar-refractivity contribution is -0.118. The zero-order chi connectivity index (χ0) is 16.8. The molecule has 122 valence electrons. The standard InChI is InChI=1S/C18H20ClNO3/c1-3-16(21)13-7-9-14(10-8-13)23-11-17(22)20-18-12(2)5-4-6-15(18)19/h4-10,16,21H,3,11H2,1-2H3,(H,20,22). The summed E-state index contributed by atoms with van der Waals surface area (Å²) >= 11 is 6.07. The molecule has 0 aromatic heterocycles. The summed E-state index contributed by atoms with van der Waals surface area (Å²) in [5, 5.41) is 13.0. The second-order valence-corrected chi connectivity index (χ2v) is 5.67. The average molecular weight is 334 g/mol. The molecular formula is C18H20ClNO3. The monoisotopic (exact) mass is 333 g/mol. The highest BCUT2D eigenvalue weighted by molar-refractivity contribution is 6.33. The summed E-state index contributed by atoms with van der Waals surface area (Å²) in [5.74, 6) is 0.293. The lowest BCUT2D eigenvalue weighted by atomic mass is 10.1. The summed E-state index contributed by atoms with van der Waals surface area (Å²) in [6, 6.07) is 12.5. The van der Waals surface area contributed by atoms with Gasteiger partial charge >= 0.3 is 0 Å². The van der Waals surface area contributed by atoms with Gasteiger partial charge in [0.05, 0.1) is 16.8 Å². The number of aryl methyl sites for hydroxylation is 1. The molecule has 0 spiro atoms. The van der Waals surface area contributed by atoms with E-state index in [2.05, 4.69) is 5.32 Å². The molecule has 0 fully saturated rings. The summed E-state index contributed by atoms with van der Waals surface area (Å²) in [6.07, 6.45) is 0.176. The Morgan fingerprint density at radius 1 is 1.26 bits per heavy atom. The highest BCUT2D eigenvalue weighted by Gasteiger charge is 2.09. The van der Waals surface area contributed by atoms with E-state index in [4.69, 9.17) is 16.3 Å². The van der Waals surface area contributed by atoms with Crippen molar-refractivity contribution in [3.05, 3.63) is 58.6 Å². The van der Waals surface area contributed by atoms with Crippen molar-refractivity contribution in [1.82, 2.24) is 0 Å². The molecule has 2 aromatic rings. The third-order valence-corrected chi connectivity index (χ3v) is 3.82. The van der Waals surface area contributed by atoms with E-state index >= 15 is 0 Å². The van der Waals surface area contributed by atoms with Crippen molar-refractivity contribution in [3.8, 4) is 5.75 Å². The van der Waals surface area contributed by atoms with E-state index in [0.717, 1.165) is 11.1 Å². The summed E-state index contributed by atoms with van der Waals surface area (Å²) in [6.45, 7) is 3.68. The predicted molar refractivity (Wildman–Crippen MR) is 92.0 cm³/mol. The first-order chi connectivity index (χ1) is 11.0. The van der Waals surface area contributed by atoms with Crippen LogP contribution in [0, 0.1) is 6.92 Å². The number of benzene rings is 2. The fourth-order valence-corrected chi connectivity index (χ4v) is 2.41. The first-order valence-corrected chi connectivity index (χ1v) is 7.85. The topological polar surface area (TPSA) is 58.6 Å². The fourth-order valence-electron chi connectivity index (χ4n) is 2.14. The van der Waals surface area contributed by atoms with Crippen LogP contribution in [0.2, 0.25) is 5.02 Å². The Morgan fingerprint density at radius 3 is 2.57 bits per heavy atom. The first-order valence-electron chi connectivity index (χ1n) is 7.47. The number of carbonyl (C=O) groups excluding carboxylic acids is 1. The number of hydrogen-bond acceptors (Lipinski definition) is 3. The van der Waals surface area contributed by atoms with Gasteiger partial charge in [-0.1, -0.05) is 42.8 Å². The molecule has 5 heteroatoms. The van der Waals surface area contributed by atoms with Crippen molar-refractivity contribution in [1.29, 1.82) is 0 Å². The number of carbonyl (C=O) groups is 1. The van der Waals surface area contributed by atoms with Gasteiger partial charge < -0.3 is 15.2 Å². The normalized spacial score (nSPS) is 11.8. The number of halogens is 1. The van der Waals surface area contributed by atoms with Crippen LogP contribution in [0.15, 0.2) is 42.5 Å². The van der Waals surface area contributed by atoms with Crippen LogP contribution in [0.4, 0.5) is 5.69 Å². The lowest BCUT2D eigenvalue weighted by Crippen LogP contribution is -2.20. The summed E-state index contributed by atoms with van der Waals surface area (Å²) < 4.78 is 5.45. The van der Waals surface area contributed by atoms with Gasteiger partial charge in [0, 0.05) is 0 Å². The molecule has 0 saturated heterocycles. The van der Waals surface area contributed by atoms with E-state index in [1.165, 1.54) is 0 Å². The number of anilines is 1. The Bertz CT molecular complexity index is 650. The van der Waals surface area contributed by atoms with Gasteiger partial charge in [-0.2, -0.15) is 0 Å². The molecule has 2 rings (SSSR count). The molecule has 1 atom stereocenters. The van der Waals surface area contributed by atoms with Crippen molar-refractivity contribution in [2.24, 2.45) is 0 Å². The minimum absolute atomic E-state index is 0.111. The summed E-state index contributed by atoms with van der Waals surface area (Å²) in [7, 11) is 0. The van der Waals surface area contributed by atoms with Crippen molar-refractivity contribution in [2.75, 3.05) is 11.9 Å². The largest absolute Gasteiger partial charge is 0.484 e. The Morgan fingerprint density at radius 2 is 1.96 bits per heavy atom. The molecule has 0 aliphatic carbocycles. The number of para-hydroxylation sites is 1. The van der Waals surface area contributed by atoms with Crippen molar-refractivity contribution in [2.45, 2.75) is 26.4 Å². The van der Waals surface area contributed by atoms with E-state index in [1.807, 2.05) is 26.0 Å². The van der Waals surface area contributed by atoms with Gasteiger partial charge in [0.1, 0.15) is 5.75 Å². The minimum Gasteiger partial charge on any atom is -0.484 e. The average Bonchev–Trinajstić information content (AvgIpc) is 2.56. The second kappa shape index (κ2) is 7.99. The van der Waals surface area contributed by atoms with Crippen molar-refractivity contribution < 1.29 is 14.6 Å². The minimum atomic E-state index is -0.476. The van der Waals surface area contributed by atoms with Crippen LogP contribution < -0.4 is 10.1 Å². The molecule has 1 amide bonds. The van der Waals surface area contributed by atoms with Gasteiger partial charge in [-0.25, -0.2) is 0 Å². The Kier molecular flexibility index (Phi) is 6.02. The molecule has 1 unspecified atom stereocenters. The van der Waals surface area contributed by atoms with Gasteiger partial charge in [0.15, 0.2) is 6.61 Å². The predicted octanol–water partition coefficient (Wildman–Crippen LogP) is 4.11. The Labute approximate surface area is 141 Å². The summed E-state index contributed by atoms with van der Waals surface area (Å²) in [5.41, 5.74) is 2.32. The SMILES string of the molecule is CCC(O)c1ccc(OCC(=O)Nc2c(C)cccc2Cl)cc1. The highest BCUT2D eigenvalue weighted by atomic mass is 35.5. The van der Waals surface area contributed by atoms with Crippen LogP contribution in [-0.4, -0.2) is 17.6 Å². The molecular weight excluding hydrogens is 314 g/mol. The van der Waals surface area contributed by atoms with E-state index in [0.29, 0.717) is 22.9 Å². The maximum absolute atomic E-state index is 12.0. The van der Waals surface area contributed by atoms with E-state index < -0.39 is 6.10 Å². The third-order valence-electron chi connectivity index (χ3n) is 3.51. The first kappa shape index (κ1) is 17.3. The number of hydrogen-bond donors (Lipinski definition) is 2. The lowest BCUT2D eigenvalue weighted by Gasteiger charge is -2.12. The van der Waals surface area contributed by atoms with Crippen LogP contribution in [0.5, 0.6) is 5.75 Å². The number of aliphatic hydroxyl groups is 1. The van der Waals surface area contributed by atoms with Crippen LogP contribution in [0.25, 0.3) is 0 Å². The second-order valence-electron chi connectivity index (χ2n) is 5.26. The number of amides is 1. The maximum Gasteiger partial charge on any atom is 0.262 e. The maximum atomic E-state index is 12.0. The molecule has 23 heavy (non-hydrogen) atoms. The zero-order valence-corrected chi connectivity index (χ0v) is 13.9. The number of nitrogens with one attached hydrogen (secondary N) is 1. The fraction of sp³-hybridized carbons (Fsp3) is 0.278. The van der Waals surface area contributed by atoms with Gasteiger partial charge in [0.25, 0.3) is 5.91 Å². The molecule has 2 aromatic carbocycles. The van der Waals surface area contributed by atoms with Gasteiger partial charge in [-0.05, 0) is 42.7 Å². The third kappa shape index (κ3) is 4.71. The van der Waals surface area contributed by atoms with Crippen LogP contribution in [0.1, 0.15) is 30.6 Å². The van der Waals surface area contributed by atoms with E-state index in [-0.39, 0.29) is 12.5 Å². The van der Waals surface area contributed by atoms with E-state index in [9.17, 15) is 9.90 Å². The molecule has 0 heterocycles. The zero-order valence-electron chi connectivity index (χ0n) is 13.2. The van der Waals surface area contributed by atoms with Gasteiger partial charge in [0.2, 0.25) is 0 Å². The number of rotatable bonds is 6.